The smallest absolute Gasteiger partial charge is 0.0965 e. The number of benzene rings is 1. The predicted octanol–water partition coefficient (Wildman–Crippen LogP) is 4.45. The summed E-state index contributed by atoms with van der Waals surface area (Å²) in [6.45, 7) is 3.85. The first kappa shape index (κ1) is 14.0. The SMILES string of the molecule is CC(CNCc1cc(Br)ccc1Cl)c1nccs1. The third-order valence-electron chi connectivity index (χ3n) is 2.65. The van der Waals surface area contributed by atoms with Crippen LogP contribution in [0, 0.1) is 0 Å². The van der Waals surface area contributed by atoms with Crippen molar-refractivity contribution in [2.75, 3.05) is 6.54 Å². The molecule has 0 saturated heterocycles. The van der Waals surface area contributed by atoms with Crippen molar-refractivity contribution in [3.63, 3.8) is 0 Å². The van der Waals surface area contributed by atoms with Gasteiger partial charge >= 0.3 is 0 Å². The lowest BCUT2D eigenvalue weighted by Crippen LogP contribution is -2.19. The zero-order valence-corrected chi connectivity index (χ0v) is 13.1. The van der Waals surface area contributed by atoms with E-state index in [0.717, 1.165) is 28.1 Å². The molecule has 0 aliphatic heterocycles. The molecule has 1 heterocycles. The number of aromatic nitrogens is 1. The van der Waals surface area contributed by atoms with Gasteiger partial charge in [-0.1, -0.05) is 34.5 Å². The van der Waals surface area contributed by atoms with Gasteiger partial charge in [0.15, 0.2) is 0 Å². The number of nitrogens with one attached hydrogen (secondary N) is 1. The van der Waals surface area contributed by atoms with E-state index in [9.17, 15) is 0 Å². The molecule has 0 spiro atoms. The molecule has 1 N–H and O–H groups in total. The van der Waals surface area contributed by atoms with Crippen LogP contribution in [0.1, 0.15) is 23.4 Å². The molecule has 0 aliphatic rings. The van der Waals surface area contributed by atoms with Gasteiger partial charge in [-0.05, 0) is 23.8 Å². The molecular formula is C13H14BrClN2S. The van der Waals surface area contributed by atoms with Gasteiger partial charge in [0.25, 0.3) is 0 Å². The second-order valence-corrected chi connectivity index (χ2v) is 6.39. The van der Waals surface area contributed by atoms with Gasteiger partial charge in [0.2, 0.25) is 0 Å². The predicted molar refractivity (Wildman–Crippen MR) is 81.4 cm³/mol. The molecule has 1 aromatic heterocycles. The highest BCUT2D eigenvalue weighted by Gasteiger charge is 2.08. The fraction of sp³-hybridized carbons (Fsp3) is 0.308. The van der Waals surface area contributed by atoms with Gasteiger partial charge in [-0.15, -0.1) is 11.3 Å². The standard InChI is InChI=1S/C13H14BrClN2S/c1-9(13-17-4-5-18-13)7-16-8-10-6-11(14)2-3-12(10)15/h2-6,9,16H,7-8H2,1H3. The average molecular weight is 346 g/mol. The molecule has 0 saturated carbocycles. The summed E-state index contributed by atoms with van der Waals surface area (Å²) >= 11 is 11.3. The van der Waals surface area contributed by atoms with Gasteiger partial charge in [-0.2, -0.15) is 0 Å². The van der Waals surface area contributed by atoms with E-state index in [1.165, 1.54) is 5.01 Å². The molecule has 96 valence electrons. The monoisotopic (exact) mass is 344 g/mol. The Balaban J connectivity index is 1.87. The van der Waals surface area contributed by atoms with Crippen LogP contribution in [0.5, 0.6) is 0 Å². The van der Waals surface area contributed by atoms with Crippen LogP contribution in [0.25, 0.3) is 0 Å². The Morgan fingerprint density at radius 2 is 2.33 bits per heavy atom. The zero-order chi connectivity index (χ0) is 13.0. The van der Waals surface area contributed by atoms with Crippen LogP contribution < -0.4 is 5.32 Å². The Bertz CT molecular complexity index is 502. The van der Waals surface area contributed by atoms with Crippen molar-refractivity contribution < 1.29 is 0 Å². The normalized spacial score (nSPS) is 12.6. The van der Waals surface area contributed by atoms with Crippen molar-refractivity contribution in [2.45, 2.75) is 19.4 Å². The van der Waals surface area contributed by atoms with Gasteiger partial charge in [0.05, 0.1) is 5.01 Å². The van der Waals surface area contributed by atoms with Crippen LogP contribution in [-0.4, -0.2) is 11.5 Å². The third-order valence-corrected chi connectivity index (χ3v) is 4.52. The van der Waals surface area contributed by atoms with E-state index in [1.807, 2.05) is 29.8 Å². The maximum Gasteiger partial charge on any atom is 0.0965 e. The van der Waals surface area contributed by atoms with E-state index >= 15 is 0 Å². The Morgan fingerprint density at radius 1 is 1.50 bits per heavy atom. The summed E-state index contributed by atoms with van der Waals surface area (Å²) in [5, 5.41) is 7.40. The molecule has 18 heavy (non-hydrogen) atoms. The second-order valence-electron chi connectivity index (χ2n) is 4.14. The highest BCUT2D eigenvalue weighted by atomic mass is 79.9. The van der Waals surface area contributed by atoms with Crippen LogP contribution in [0.15, 0.2) is 34.2 Å². The van der Waals surface area contributed by atoms with Gasteiger partial charge in [-0.25, -0.2) is 4.98 Å². The summed E-state index contributed by atoms with van der Waals surface area (Å²) in [7, 11) is 0. The largest absolute Gasteiger partial charge is 0.312 e. The van der Waals surface area contributed by atoms with Crippen molar-refractivity contribution in [2.24, 2.45) is 0 Å². The van der Waals surface area contributed by atoms with Crippen molar-refractivity contribution in [1.82, 2.24) is 10.3 Å². The lowest BCUT2D eigenvalue weighted by atomic mass is 10.2. The lowest BCUT2D eigenvalue weighted by molar-refractivity contribution is 0.613. The van der Waals surface area contributed by atoms with Gasteiger partial charge in [-0.3, -0.25) is 0 Å². The summed E-state index contributed by atoms with van der Waals surface area (Å²) in [5.74, 6) is 0.427. The number of thiazole rings is 1. The molecule has 1 unspecified atom stereocenters. The maximum absolute atomic E-state index is 6.14. The average Bonchev–Trinajstić information content (AvgIpc) is 2.87. The van der Waals surface area contributed by atoms with Crippen LogP contribution >= 0.6 is 38.9 Å². The minimum atomic E-state index is 0.427. The highest BCUT2D eigenvalue weighted by Crippen LogP contribution is 2.21. The van der Waals surface area contributed by atoms with E-state index in [4.69, 9.17) is 11.6 Å². The fourth-order valence-electron chi connectivity index (χ4n) is 1.67. The Hall–Kier alpha value is -0.420. The topological polar surface area (TPSA) is 24.9 Å². The number of hydrogen-bond acceptors (Lipinski definition) is 3. The van der Waals surface area contributed by atoms with Gasteiger partial charge in [0.1, 0.15) is 0 Å². The first-order valence-corrected chi connectivity index (χ1v) is 7.76. The number of halogens is 2. The Morgan fingerprint density at radius 3 is 3.06 bits per heavy atom. The van der Waals surface area contributed by atoms with Crippen LogP contribution in [0.4, 0.5) is 0 Å². The molecular weight excluding hydrogens is 332 g/mol. The first-order chi connectivity index (χ1) is 8.66. The Labute approximate surface area is 125 Å². The first-order valence-electron chi connectivity index (χ1n) is 5.71. The van der Waals surface area contributed by atoms with Crippen molar-refractivity contribution in [3.8, 4) is 0 Å². The van der Waals surface area contributed by atoms with Crippen LogP contribution in [0.3, 0.4) is 0 Å². The van der Waals surface area contributed by atoms with Crippen molar-refractivity contribution in [1.29, 1.82) is 0 Å². The van der Waals surface area contributed by atoms with Gasteiger partial charge < -0.3 is 5.32 Å². The maximum atomic E-state index is 6.14. The lowest BCUT2D eigenvalue weighted by Gasteiger charge is -2.11. The molecule has 5 heteroatoms. The molecule has 2 rings (SSSR count). The molecule has 2 aromatic rings. The zero-order valence-electron chi connectivity index (χ0n) is 9.99. The van der Waals surface area contributed by atoms with E-state index in [1.54, 1.807) is 11.3 Å². The fourth-order valence-corrected chi connectivity index (χ4v) is 2.96. The molecule has 1 aromatic carbocycles. The molecule has 0 aliphatic carbocycles. The second kappa shape index (κ2) is 6.66. The Kier molecular flexibility index (Phi) is 5.18. The molecule has 0 bridgehead atoms. The summed E-state index contributed by atoms with van der Waals surface area (Å²) in [4.78, 5) is 4.32. The third kappa shape index (κ3) is 3.79. The van der Waals surface area contributed by atoms with Crippen molar-refractivity contribution >= 4 is 38.9 Å². The number of hydrogen-bond donors (Lipinski definition) is 1. The van der Waals surface area contributed by atoms with Crippen molar-refractivity contribution in [3.05, 3.63) is 49.8 Å². The van der Waals surface area contributed by atoms with E-state index < -0.39 is 0 Å². The molecule has 2 nitrogen and oxygen atoms in total. The van der Waals surface area contributed by atoms with E-state index in [2.05, 4.69) is 33.2 Å². The van der Waals surface area contributed by atoms with E-state index in [-0.39, 0.29) is 0 Å². The van der Waals surface area contributed by atoms with Crippen LogP contribution in [-0.2, 0) is 6.54 Å². The molecule has 0 radical (unpaired) electrons. The summed E-state index contributed by atoms with van der Waals surface area (Å²) in [6, 6.07) is 5.90. The summed E-state index contributed by atoms with van der Waals surface area (Å²) in [5.41, 5.74) is 1.11. The summed E-state index contributed by atoms with van der Waals surface area (Å²) < 4.78 is 1.05. The molecule has 1 atom stereocenters. The van der Waals surface area contributed by atoms with E-state index in [0.29, 0.717) is 5.92 Å². The quantitative estimate of drug-likeness (QED) is 0.866. The van der Waals surface area contributed by atoms with Crippen LogP contribution in [0.2, 0.25) is 5.02 Å². The highest BCUT2D eigenvalue weighted by molar-refractivity contribution is 9.10. The molecule has 0 amide bonds. The minimum absolute atomic E-state index is 0.427. The number of rotatable bonds is 5. The minimum Gasteiger partial charge on any atom is -0.312 e. The number of nitrogens with zero attached hydrogens (tertiary/aromatic N) is 1. The molecule has 0 fully saturated rings. The van der Waals surface area contributed by atoms with Gasteiger partial charge in [0, 0.05) is 40.1 Å². The summed E-state index contributed by atoms with van der Waals surface area (Å²) in [6.07, 6.45) is 1.85.